The zero-order valence-corrected chi connectivity index (χ0v) is 21.5. The van der Waals surface area contributed by atoms with Gasteiger partial charge in [-0.25, -0.2) is 0 Å². The van der Waals surface area contributed by atoms with E-state index in [1.165, 1.54) is 4.90 Å². The summed E-state index contributed by atoms with van der Waals surface area (Å²) in [5.41, 5.74) is 3.97. The summed E-state index contributed by atoms with van der Waals surface area (Å²) in [6.07, 6.45) is 4.52. The number of hydrogen-bond acceptors (Lipinski definition) is 5. The zero-order chi connectivity index (χ0) is 25.7. The number of ether oxygens (including phenoxy) is 2. The molecule has 3 aromatic rings. The Bertz CT molecular complexity index is 1310. The Kier molecular flexibility index (Phi) is 8.02. The molecule has 0 radical (unpaired) electrons. The van der Waals surface area contributed by atoms with Gasteiger partial charge in [-0.15, -0.1) is 0 Å². The number of aromatic nitrogens is 1. The van der Waals surface area contributed by atoms with Crippen LogP contribution < -0.4 is 20.3 Å². The number of para-hydroxylation sites is 1. The molecule has 0 unspecified atom stereocenters. The molecule has 1 aliphatic rings. The van der Waals surface area contributed by atoms with Crippen LogP contribution in [0.2, 0.25) is 0 Å². The van der Waals surface area contributed by atoms with Gasteiger partial charge in [0.2, 0.25) is 5.91 Å². The maximum atomic E-state index is 13.3. The highest BCUT2D eigenvalue weighted by Crippen LogP contribution is 2.29. The summed E-state index contributed by atoms with van der Waals surface area (Å²) in [6.45, 7) is 5.63. The predicted octanol–water partition coefficient (Wildman–Crippen LogP) is 3.63. The van der Waals surface area contributed by atoms with Crippen LogP contribution in [0.15, 0.2) is 54.4 Å². The number of amides is 2. The first-order chi connectivity index (χ1) is 17.5. The number of rotatable bonds is 10. The van der Waals surface area contributed by atoms with Crippen LogP contribution in [-0.2, 0) is 27.3 Å². The Labute approximate surface area is 215 Å². The number of methoxy groups -OCH3 is 1. The van der Waals surface area contributed by atoms with Crippen molar-refractivity contribution in [3.8, 4) is 5.75 Å². The van der Waals surface area contributed by atoms with E-state index in [0.29, 0.717) is 36.3 Å². The second-order valence-electron chi connectivity index (χ2n) is 8.28. The molecule has 0 bridgehead atoms. The second-order valence-corrected chi connectivity index (χ2v) is 8.66. The van der Waals surface area contributed by atoms with Crippen molar-refractivity contribution in [2.45, 2.75) is 26.8 Å². The van der Waals surface area contributed by atoms with Gasteiger partial charge < -0.3 is 24.7 Å². The van der Waals surface area contributed by atoms with Gasteiger partial charge >= 0.3 is 0 Å². The molecular weight excluding hydrogens is 476 g/mol. The number of benzene rings is 2. The van der Waals surface area contributed by atoms with Crippen molar-refractivity contribution in [3.05, 3.63) is 65.5 Å². The lowest BCUT2D eigenvalue weighted by Gasteiger charge is -2.14. The van der Waals surface area contributed by atoms with Gasteiger partial charge in [0.25, 0.3) is 5.91 Å². The fourth-order valence-corrected chi connectivity index (χ4v) is 4.58. The minimum Gasteiger partial charge on any atom is -0.494 e. The standard InChI is InChI=1S/C27H30N4O4S/c1-4-18-7-6-8-22-19(16-30(25(18)22)17-24(32)28-13-14-34-3)15-23-26(33)31(27(36)29-23)20-9-11-21(12-10-20)35-5-2/h6-12,15-16H,4-5,13-14,17H2,1-3H3,(H,28,32)(H,29,36)/b23-15+. The largest absolute Gasteiger partial charge is 0.494 e. The van der Waals surface area contributed by atoms with Gasteiger partial charge in [0.1, 0.15) is 18.0 Å². The lowest BCUT2D eigenvalue weighted by molar-refractivity contribution is -0.121. The summed E-state index contributed by atoms with van der Waals surface area (Å²) >= 11 is 5.48. The van der Waals surface area contributed by atoms with Gasteiger partial charge in [0, 0.05) is 30.8 Å². The molecular formula is C27H30N4O4S. The number of anilines is 1. The summed E-state index contributed by atoms with van der Waals surface area (Å²) in [7, 11) is 1.60. The zero-order valence-electron chi connectivity index (χ0n) is 20.7. The smallest absolute Gasteiger partial charge is 0.281 e. The molecule has 1 fully saturated rings. The van der Waals surface area contributed by atoms with E-state index in [-0.39, 0.29) is 18.4 Å². The van der Waals surface area contributed by atoms with E-state index in [9.17, 15) is 9.59 Å². The van der Waals surface area contributed by atoms with E-state index < -0.39 is 0 Å². The molecule has 8 nitrogen and oxygen atoms in total. The van der Waals surface area contributed by atoms with Crippen LogP contribution in [0, 0.1) is 0 Å². The van der Waals surface area contributed by atoms with Gasteiger partial charge in [-0.05, 0) is 61.5 Å². The molecule has 1 saturated heterocycles. The summed E-state index contributed by atoms with van der Waals surface area (Å²) < 4.78 is 12.4. The third-order valence-electron chi connectivity index (χ3n) is 5.92. The Morgan fingerprint density at radius 2 is 1.94 bits per heavy atom. The maximum Gasteiger partial charge on any atom is 0.281 e. The number of aryl methyl sites for hydroxylation is 1. The molecule has 188 valence electrons. The highest BCUT2D eigenvalue weighted by atomic mass is 32.1. The molecule has 2 heterocycles. The second kappa shape index (κ2) is 11.4. The number of fused-ring (bicyclic) bond motifs is 1. The summed E-state index contributed by atoms with van der Waals surface area (Å²) in [5.74, 6) is 0.384. The Morgan fingerprint density at radius 3 is 2.64 bits per heavy atom. The summed E-state index contributed by atoms with van der Waals surface area (Å²) in [5, 5.41) is 7.19. The predicted molar refractivity (Wildman–Crippen MR) is 145 cm³/mol. The average molecular weight is 507 g/mol. The Morgan fingerprint density at radius 1 is 1.17 bits per heavy atom. The summed E-state index contributed by atoms with van der Waals surface area (Å²) in [4.78, 5) is 27.3. The number of carbonyl (C=O) groups excluding carboxylic acids is 2. The van der Waals surface area contributed by atoms with Crippen LogP contribution in [0.5, 0.6) is 5.75 Å². The molecule has 36 heavy (non-hydrogen) atoms. The monoisotopic (exact) mass is 506 g/mol. The molecule has 0 spiro atoms. The topological polar surface area (TPSA) is 84.8 Å². The lowest BCUT2D eigenvalue weighted by atomic mass is 10.1. The average Bonchev–Trinajstić information content (AvgIpc) is 3.36. The molecule has 0 saturated carbocycles. The van der Waals surface area contributed by atoms with Crippen LogP contribution in [0.25, 0.3) is 17.0 Å². The van der Waals surface area contributed by atoms with Crippen molar-refractivity contribution < 1.29 is 19.1 Å². The molecule has 4 rings (SSSR count). The van der Waals surface area contributed by atoms with Crippen LogP contribution in [-0.4, -0.2) is 48.4 Å². The molecule has 0 aliphatic carbocycles. The quantitative estimate of drug-likeness (QED) is 0.248. The van der Waals surface area contributed by atoms with Crippen molar-refractivity contribution in [1.29, 1.82) is 0 Å². The third-order valence-corrected chi connectivity index (χ3v) is 6.20. The maximum absolute atomic E-state index is 13.3. The van der Waals surface area contributed by atoms with Crippen LogP contribution >= 0.6 is 12.2 Å². The van der Waals surface area contributed by atoms with Crippen molar-refractivity contribution >= 4 is 51.8 Å². The van der Waals surface area contributed by atoms with Crippen molar-refractivity contribution in [2.24, 2.45) is 0 Å². The SMILES string of the molecule is CCOc1ccc(N2C(=O)/C(=C\c3cn(CC(=O)NCCOC)c4c(CC)cccc34)NC2=S)cc1. The lowest BCUT2D eigenvalue weighted by Crippen LogP contribution is -2.30. The van der Waals surface area contributed by atoms with E-state index in [4.69, 9.17) is 21.7 Å². The molecule has 2 N–H and O–H groups in total. The number of carbonyl (C=O) groups is 2. The summed E-state index contributed by atoms with van der Waals surface area (Å²) in [6, 6.07) is 13.3. The highest BCUT2D eigenvalue weighted by molar-refractivity contribution is 7.80. The molecule has 9 heteroatoms. The molecule has 2 amide bonds. The molecule has 1 aliphatic heterocycles. The number of hydrogen-bond donors (Lipinski definition) is 2. The molecule has 2 aromatic carbocycles. The minimum absolute atomic E-state index is 0.105. The van der Waals surface area contributed by atoms with Crippen LogP contribution in [0.1, 0.15) is 25.0 Å². The molecule has 1 aromatic heterocycles. The van der Waals surface area contributed by atoms with E-state index >= 15 is 0 Å². The number of nitrogens with one attached hydrogen (secondary N) is 2. The van der Waals surface area contributed by atoms with E-state index in [2.05, 4.69) is 23.6 Å². The van der Waals surface area contributed by atoms with Crippen molar-refractivity contribution in [2.75, 3.05) is 31.8 Å². The number of nitrogens with zero attached hydrogens (tertiary/aromatic N) is 2. The van der Waals surface area contributed by atoms with Gasteiger partial charge in [-0.3, -0.25) is 14.5 Å². The van der Waals surface area contributed by atoms with Crippen molar-refractivity contribution in [1.82, 2.24) is 15.2 Å². The van der Waals surface area contributed by atoms with Crippen LogP contribution in [0.3, 0.4) is 0 Å². The molecule has 0 atom stereocenters. The third kappa shape index (κ3) is 5.27. The Hall–Kier alpha value is -3.69. The fourth-order valence-electron chi connectivity index (χ4n) is 4.28. The van der Waals surface area contributed by atoms with Crippen LogP contribution in [0.4, 0.5) is 5.69 Å². The number of thiocarbonyl (C=S) groups is 1. The Balaban J connectivity index is 1.65. The first-order valence-corrected chi connectivity index (χ1v) is 12.3. The first-order valence-electron chi connectivity index (χ1n) is 11.9. The van der Waals surface area contributed by atoms with Gasteiger partial charge in [0.05, 0.1) is 24.4 Å². The first kappa shape index (κ1) is 25.4. The highest BCUT2D eigenvalue weighted by Gasteiger charge is 2.32. The fraction of sp³-hybridized carbons (Fsp3) is 0.296. The minimum atomic E-state index is -0.242. The van der Waals surface area contributed by atoms with Gasteiger partial charge in [-0.2, -0.15) is 0 Å². The van der Waals surface area contributed by atoms with E-state index in [0.717, 1.165) is 34.2 Å². The van der Waals surface area contributed by atoms with Gasteiger partial charge in [0.15, 0.2) is 5.11 Å². The van der Waals surface area contributed by atoms with Gasteiger partial charge in [-0.1, -0.05) is 25.1 Å². The van der Waals surface area contributed by atoms with Crippen molar-refractivity contribution in [3.63, 3.8) is 0 Å². The normalized spacial score (nSPS) is 14.5. The van der Waals surface area contributed by atoms with E-state index in [1.54, 1.807) is 25.3 Å². The van der Waals surface area contributed by atoms with E-state index in [1.807, 2.05) is 42.0 Å².